The normalized spacial score (nSPS) is 12.0. The molecule has 0 atom stereocenters. The van der Waals surface area contributed by atoms with Crippen LogP contribution in [0.1, 0.15) is 45.6 Å². The summed E-state index contributed by atoms with van der Waals surface area (Å²) < 4.78 is 22.5. The number of nitrogens with zero attached hydrogens (tertiary/aromatic N) is 1. The van der Waals surface area contributed by atoms with Crippen molar-refractivity contribution in [1.82, 2.24) is 10.6 Å². The lowest BCUT2D eigenvalue weighted by atomic mass is 10.1. The van der Waals surface area contributed by atoms with Gasteiger partial charge in [-0.15, -0.1) is 24.0 Å². The van der Waals surface area contributed by atoms with Gasteiger partial charge in [-0.1, -0.05) is 38.8 Å². The highest BCUT2D eigenvalue weighted by atomic mass is 127. The zero-order chi connectivity index (χ0) is 18.7. The van der Waals surface area contributed by atoms with Crippen LogP contribution in [0.3, 0.4) is 0 Å². The van der Waals surface area contributed by atoms with Crippen molar-refractivity contribution in [2.24, 2.45) is 16.0 Å². The fourth-order valence-electron chi connectivity index (χ4n) is 2.37. The molecule has 0 saturated carbocycles. The summed E-state index contributed by atoms with van der Waals surface area (Å²) in [6, 6.07) is 6.66. The van der Waals surface area contributed by atoms with Crippen LogP contribution >= 0.6 is 24.0 Å². The lowest BCUT2D eigenvalue weighted by molar-refractivity contribution is 0.541. The van der Waals surface area contributed by atoms with Gasteiger partial charge in [-0.2, -0.15) is 0 Å². The molecule has 0 fully saturated rings. The quantitative estimate of drug-likeness (QED) is 0.201. The maximum absolute atomic E-state index is 11.2. The van der Waals surface area contributed by atoms with Crippen LogP contribution < -0.4 is 15.8 Å². The van der Waals surface area contributed by atoms with Crippen molar-refractivity contribution in [2.45, 2.75) is 51.3 Å². The van der Waals surface area contributed by atoms with Gasteiger partial charge in [0.15, 0.2) is 5.96 Å². The molecule has 8 heteroatoms. The van der Waals surface area contributed by atoms with Crippen molar-refractivity contribution >= 4 is 40.0 Å². The SMILES string of the molecule is CCNC(=NCCCCC(C)C)NCCc1ccc(S(N)(=O)=O)cc1.I. The van der Waals surface area contributed by atoms with Gasteiger partial charge in [0.05, 0.1) is 4.90 Å². The van der Waals surface area contributed by atoms with E-state index in [0.29, 0.717) is 0 Å². The smallest absolute Gasteiger partial charge is 0.238 e. The molecule has 26 heavy (non-hydrogen) atoms. The molecular formula is C18H33IN4O2S. The van der Waals surface area contributed by atoms with E-state index in [0.717, 1.165) is 49.9 Å². The Morgan fingerprint density at radius 3 is 2.35 bits per heavy atom. The third-order valence-electron chi connectivity index (χ3n) is 3.76. The first-order chi connectivity index (χ1) is 11.8. The second-order valence-electron chi connectivity index (χ2n) is 6.52. The van der Waals surface area contributed by atoms with Crippen LogP contribution in [0.4, 0.5) is 0 Å². The molecule has 6 nitrogen and oxygen atoms in total. The highest BCUT2D eigenvalue weighted by Gasteiger charge is 2.06. The second kappa shape index (κ2) is 13.3. The van der Waals surface area contributed by atoms with E-state index >= 15 is 0 Å². The predicted molar refractivity (Wildman–Crippen MR) is 120 cm³/mol. The molecular weight excluding hydrogens is 463 g/mol. The first-order valence-electron chi connectivity index (χ1n) is 8.97. The Morgan fingerprint density at radius 1 is 1.15 bits per heavy atom. The van der Waals surface area contributed by atoms with Crippen molar-refractivity contribution in [3.63, 3.8) is 0 Å². The summed E-state index contributed by atoms with van der Waals surface area (Å²) in [5.74, 6) is 1.57. The Bertz CT molecular complexity index is 631. The van der Waals surface area contributed by atoms with E-state index in [-0.39, 0.29) is 28.9 Å². The first-order valence-corrected chi connectivity index (χ1v) is 10.5. The lowest BCUT2D eigenvalue weighted by Gasteiger charge is -2.11. The van der Waals surface area contributed by atoms with Crippen LogP contribution in [-0.4, -0.2) is 34.0 Å². The Hall–Kier alpha value is -0.870. The number of sulfonamides is 1. The molecule has 150 valence electrons. The molecule has 0 aliphatic rings. The van der Waals surface area contributed by atoms with Crippen LogP contribution in [0.5, 0.6) is 0 Å². The number of unbranched alkanes of at least 4 members (excludes halogenated alkanes) is 1. The molecule has 0 spiro atoms. The molecule has 0 bridgehead atoms. The average Bonchev–Trinajstić information content (AvgIpc) is 2.54. The molecule has 0 amide bonds. The number of aliphatic imine (C=N–C) groups is 1. The van der Waals surface area contributed by atoms with Gasteiger partial charge >= 0.3 is 0 Å². The van der Waals surface area contributed by atoms with Gasteiger partial charge in [-0.3, -0.25) is 4.99 Å². The van der Waals surface area contributed by atoms with Crippen molar-refractivity contribution in [3.05, 3.63) is 29.8 Å². The zero-order valence-corrected chi connectivity index (χ0v) is 19.1. The van der Waals surface area contributed by atoms with E-state index in [2.05, 4.69) is 29.5 Å². The number of hydrogen-bond acceptors (Lipinski definition) is 3. The number of nitrogens with one attached hydrogen (secondary N) is 2. The van der Waals surface area contributed by atoms with E-state index < -0.39 is 10.0 Å². The summed E-state index contributed by atoms with van der Waals surface area (Å²) in [4.78, 5) is 4.73. The molecule has 1 aromatic rings. The molecule has 1 rings (SSSR count). The Labute approximate surface area is 175 Å². The average molecular weight is 496 g/mol. The molecule has 0 radical (unpaired) electrons. The summed E-state index contributed by atoms with van der Waals surface area (Å²) in [7, 11) is -3.63. The van der Waals surface area contributed by atoms with Crippen LogP contribution in [-0.2, 0) is 16.4 Å². The Balaban J connectivity index is 0.00000625. The molecule has 0 saturated heterocycles. The summed E-state index contributed by atoms with van der Waals surface area (Å²) >= 11 is 0. The fourth-order valence-corrected chi connectivity index (χ4v) is 2.88. The molecule has 0 aliphatic heterocycles. The van der Waals surface area contributed by atoms with Gasteiger partial charge in [-0.05, 0) is 43.4 Å². The second-order valence-corrected chi connectivity index (χ2v) is 8.08. The molecule has 1 aromatic carbocycles. The topological polar surface area (TPSA) is 96.6 Å². The summed E-state index contributed by atoms with van der Waals surface area (Å²) in [6.07, 6.45) is 4.33. The summed E-state index contributed by atoms with van der Waals surface area (Å²) in [5.41, 5.74) is 1.05. The number of benzene rings is 1. The highest BCUT2D eigenvalue weighted by molar-refractivity contribution is 14.0. The molecule has 0 aromatic heterocycles. The number of halogens is 1. The minimum atomic E-state index is -3.63. The number of primary sulfonamides is 1. The lowest BCUT2D eigenvalue weighted by Crippen LogP contribution is -2.38. The highest BCUT2D eigenvalue weighted by Crippen LogP contribution is 2.09. The maximum Gasteiger partial charge on any atom is 0.238 e. The van der Waals surface area contributed by atoms with Gasteiger partial charge in [0.1, 0.15) is 0 Å². The van der Waals surface area contributed by atoms with Crippen LogP contribution in [0.15, 0.2) is 34.2 Å². The molecule has 0 heterocycles. The predicted octanol–water partition coefficient (Wildman–Crippen LogP) is 2.88. The molecule has 0 unspecified atom stereocenters. The number of guanidine groups is 1. The number of hydrogen-bond donors (Lipinski definition) is 3. The molecule has 4 N–H and O–H groups in total. The third kappa shape index (κ3) is 11.0. The van der Waals surface area contributed by atoms with E-state index in [1.165, 1.54) is 12.8 Å². The van der Waals surface area contributed by atoms with Crippen LogP contribution in [0.2, 0.25) is 0 Å². The number of rotatable bonds is 10. The van der Waals surface area contributed by atoms with E-state index in [4.69, 9.17) is 5.14 Å². The fraction of sp³-hybridized carbons (Fsp3) is 0.611. The number of nitrogens with two attached hydrogens (primary N) is 1. The van der Waals surface area contributed by atoms with Crippen molar-refractivity contribution < 1.29 is 8.42 Å². The summed E-state index contributed by atoms with van der Waals surface area (Å²) in [6.45, 7) is 8.90. The van der Waals surface area contributed by atoms with Crippen molar-refractivity contribution in [3.8, 4) is 0 Å². The van der Waals surface area contributed by atoms with Gasteiger partial charge in [0, 0.05) is 19.6 Å². The monoisotopic (exact) mass is 496 g/mol. The summed E-state index contributed by atoms with van der Waals surface area (Å²) in [5, 5.41) is 11.7. The van der Waals surface area contributed by atoms with Gasteiger partial charge in [0.2, 0.25) is 10.0 Å². The minimum Gasteiger partial charge on any atom is -0.357 e. The van der Waals surface area contributed by atoms with Gasteiger partial charge in [-0.25, -0.2) is 13.6 Å². The van der Waals surface area contributed by atoms with E-state index in [1.807, 2.05) is 6.92 Å². The minimum absolute atomic E-state index is 0. The zero-order valence-electron chi connectivity index (χ0n) is 16.0. The van der Waals surface area contributed by atoms with E-state index in [1.54, 1.807) is 24.3 Å². The first kappa shape index (κ1) is 25.1. The van der Waals surface area contributed by atoms with Crippen LogP contribution in [0.25, 0.3) is 0 Å². The van der Waals surface area contributed by atoms with Crippen LogP contribution in [0, 0.1) is 5.92 Å². The Morgan fingerprint density at radius 2 is 1.81 bits per heavy atom. The van der Waals surface area contributed by atoms with Crippen molar-refractivity contribution in [1.29, 1.82) is 0 Å². The van der Waals surface area contributed by atoms with Crippen molar-refractivity contribution in [2.75, 3.05) is 19.6 Å². The third-order valence-corrected chi connectivity index (χ3v) is 4.69. The standard InChI is InChI=1S/C18H32N4O2S.HI/c1-4-20-18(21-13-6-5-7-15(2)3)22-14-12-16-8-10-17(11-9-16)25(19,23)24;/h8-11,15H,4-7,12-14H2,1-3H3,(H2,19,23,24)(H2,20,21,22);1H. The maximum atomic E-state index is 11.2. The van der Waals surface area contributed by atoms with Gasteiger partial charge < -0.3 is 10.6 Å². The Kier molecular flexibility index (Phi) is 12.9. The van der Waals surface area contributed by atoms with Gasteiger partial charge in [0.25, 0.3) is 0 Å². The largest absolute Gasteiger partial charge is 0.357 e. The van der Waals surface area contributed by atoms with E-state index in [9.17, 15) is 8.42 Å². The molecule has 0 aliphatic carbocycles.